The summed E-state index contributed by atoms with van der Waals surface area (Å²) in [4.78, 5) is 44.9. The molecular weight excluding hydrogens is 622 g/mol. The number of amides is 3. The first-order chi connectivity index (χ1) is 23.8. The van der Waals surface area contributed by atoms with E-state index in [2.05, 4.69) is 57.3 Å². The lowest BCUT2D eigenvalue weighted by Crippen LogP contribution is -2.71. The van der Waals surface area contributed by atoms with Gasteiger partial charge in [0.1, 0.15) is 0 Å². The van der Waals surface area contributed by atoms with Gasteiger partial charge < -0.3 is 22.5 Å². The Hall–Kier alpha value is -3.23. The minimum atomic E-state index is -0.657. The molecule has 8 atom stereocenters. The Balaban J connectivity index is 1.17. The summed E-state index contributed by atoms with van der Waals surface area (Å²) in [6.45, 7) is 9.60. The second kappa shape index (κ2) is 12.8. The van der Waals surface area contributed by atoms with Crippen LogP contribution >= 0.6 is 0 Å². The van der Waals surface area contributed by atoms with Crippen molar-refractivity contribution in [1.82, 2.24) is 4.90 Å². The van der Waals surface area contributed by atoms with E-state index in [0.29, 0.717) is 13.0 Å². The number of carbonyl (C=O) groups is 3. The van der Waals surface area contributed by atoms with Crippen molar-refractivity contribution in [3.8, 4) is 0 Å². The number of nitrogen functional groups attached to an aromatic ring is 1. The highest BCUT2D eigenvalue weighted by Crippen LogP contribution is 2.70. The first-order valence-electron chi connectivity index (χ1n) is 19.5. The number of anilines is 2. The molecular formula is C42H59N5O3. The SMILES string of the molecule is CC1C[C@@]23CCc4ccc(NC(=O)[C@@H](N)CCCCN)cc4[C@@]2(C)CCC[C@]3(C)C(=O)N1C(=O)C1CCC[C@]2(C)c3cc(N)ccc3CC[C@@H]12. The number of nitrogens with two attached hydrogens (primary N) is 3. The molecule has 7 rings (SSSR count). The van der Waals surface area contributed by atoms with Crippen LogP contribution < -0.4 is 22.5 Å². The van der Waals surface area contributed by atoms with Crippen molar-refractivity contribution in [2.24, 2.45) is 34.1 Å². The number of nitrogens with one attached hydrogen (secondary N) is 1. The van der Waals surface area contributed by atoms with Crippen molar-refractivity contribution in [2.75, 3.05) is 17.6 Å². The Labute approximate surface area is 298 Å². The third-order valence-electron chi connectivity index (χ3n) is 14.9. The molecule has 2 aromatic carbocycles. The highest BCUT2D eigenvalue weighted by atomic mass is 16.2. The van der Waals surface area contributed by atoms with E-state index in [-0.39, 0.29) is 51.8 Å². The number of carbonyl (C=O) groups excluding carboxylic acids is 3. The molecule has 8 nitrogen and oxygen atoms in total. The molecule has 2 aromatic rings. The summed E-state index contributed by atoms with van der Waals surface area (Å²) in [6.07, 6.45) is 12.3. The van der Waals surface area contributed by atoms with Crippen LogP contribution in [0.1, 0.15) is 127 Å². The number of nitrogens with zero attached hydrogens (tertiary/aromatic N) is 1. The molecule has 3 fully saturated rings. The lowest BCUT2D eigenvalue weighted by Gasteiger charge is -2.67. The van der Waals surface area contributed by atoms with Crippen molar-refractivity contribution in [1.29, 1.82) is 0 Å². The molecule has 2 unspecified atom stereocenters. The van der Waals surface area contributed by atoms with Crippen LogP contribution in [0, 0.1) is 22.7 Å². The molecule has 7 N–H and O–H groups in total. The predicted octanol–water partition coefficient (Wildman–Crippen LogP) is 6.51. The fourth-order valence-electron chi connectivity index (χ4n) is 12.2. The Kier molecular flexibility index (Phi) is 8.98. The maximum atomic E-state index is 15.2. The normalized spacial score (nSPS) is 35.1. The van der Waals surface area contributed by atoms with E-state index in [4.69, 9.17) is 17.2 Å². The van der Waals surface area contributed by atoms with Crippen LogP contribution in [0.4, 0.5) is 11.4 Å². The summed E-state index contributed by atoms with van der Waals surface area (Å²) in [5, 5.41) is 3.10. The number of hydrogen-bond donors (Lipinski definition) is 4. The Bertz CT molecular complexity index is 1690. The molecule has 0 bridgehead atoms. The molecule has 1 aliphatic heterocycles. The number of unbranched alkanes of at least 4 members (excludes halogenated alkanes) is 1. The average molecular weight is 682 g/mol. The number of aryl methyl sites for hydroxylation is 2. The summed E-state index contributed by atoms with van der Waals surface area (Å²) < 4.78 is 0. The minimum Gasteiger partial charge on any atom is -0.399 e. The van der Waals surface area contributed by atoms with Crippen molar-refractivity contribution in [3.63, 3.8) is 0 Å². The van der Waals surface area contributed by atoms with Gasteiger partial charge in [-0.05, 0) is 153 Å². The molecule has 1 saturated heterocycles. The maximum absolute atomic E-state index is 15.2. The summed E-state index contributed by atoms with van der Waals surface area (Å²) in [7, 11) is 0. The monoisotopic (exact) mass is 681 g/mol. The number of imide groups is 1. The Morgan fingerprint density at radius 2 is 1.66 bits per heavy atom. The third-order valence-corrected chi connectivity index (χ3v) is 14.9. The third kappa shape index (κ3) is 5.17. The molecule has 8 heteroatoms. The lowest BCUT2D eigenvalue weighted by atomic mass is 9.38. The lowest BCUT2D eigenvalue weighted by molar-refractivity contribution is -0.191. The van der Waals surface area contributed by atoms with Crippen LogP contribution in [0.15, 0.2) is 36.4 Å². The molecule has 2 saturated carbocycles. The molecule has 270 valence electrons. The van der Waals surface area contributed by atoms with Crippen LogP contribution in [0.3, 0.4) is 0 Å². The quantitative estimate of drug-likeness (QED) is 0.149. The first-order valence-corrected chi connectivity index (χ1v) is 19.5. The van der Waals surface area contributed by atoms with Crippen LogP contribution in [0.5, 0.6) is 0 Å². The van der Waals surface area contributed by atoms with Crippen molar-refractivity contribution < 1.29 is 14.4 Å². The van der Waals surface area contributed by atoms with Crippen LogP contribution in [-0.4, -0.2) is 41.2 Å². The summed E-state index contributed by atoms with van der Waals surface area (Å²) in [6, 6.07) is 11.9. The predicted molar refractivity (Wildman–Crippen MR) is 199 cm³/mol. The number of piperidine rings is 1. The number of benzene rings is 2. The van der Waals surface area contributed by atoms with Gasteiger partial charge in [0.25, 0.3) is 0 Å². The highest BCUT2D eigenvalue weighted by molar-refractivity contribution is 6.01. The smallest absolute Gasteiger partial charge is 0.241 e. The first kappa shape index (κ1) is 35.2. The maximum Gasteiger partial charge on any atom is 0.241 e. The van der Waals surface area contributed by atoms with Crippen molar-refractivity contribution >= 4 is 29.1 Å². The molecule has 5 aliphatic rings. The average Bonchev–Trinajstić information content (AvgIpc) is 3.08. The number of fused-ring (bicyclic) bond motifs is 5. The van der Waals surface area contributed by atoms with Gasteiger partial charge in [0, 0.05) is 23.3 Å². The molecule has 4 aliphatic carbocycles. The highest BCUT2D eigenvalue weighted by Gasteiger charge is 2.69. The standard InChI is InChI=1S/C42H59N5O3/c1-26-25-42-21-17-28-12-15-30(46-36(48)35(45)10-5-6-22-43)24-34(28)40(42,3)19-8-20-41(42,4)38(50)47(26)37(49)31-9-7-18-39(2)32(31)16-13-27-11-14-29(44)23-33(27)39/h11-12,14-15,23-24,26,31-32,35H,5-10,13,16-22,25,43-45H2,1-4H3,(H,46,48)/t26?,31?,32-,35-,39-,40+,41+,42-/m0/s1. The molecule has 50 heavy (non-hydrogen) atoms. The van der Waals surface area contributed by atoms with Crippen LogP contribution in [0.2, 0.25) is 0 Å². The van der Waals surface area contributed by atoms with Crippen LogP contribution in [0.25, 0.3) is 0 Å². The van der Waals surface area contributed by atoms with Gasteiger partial charge in [0.15, 0.2) is 0 Å². The largest absolute Gasteiger partial charge is 0.399 e. The van der Waals surface area contributed by atoms with Gasteiger partial charge in [-0.25, -0.2) is 0 Å². The number of hydrogen-bond acceptors (Lipinski definition) is 6. The summed E-state index contributed by atoms with van der Waals surface area (Å²) in [5.74, 6) is -0.0514. The topological polar surface area (TPSA) is 145 Å². The number of rotatable bonds is 7. The molecule has 1 spiro atoms. The van der Waals surface area contributed by atoms with E-state index in [1.54, 1.807) is 4.90 Å². The summed E-state index contributed by atoms with van der Waals surface area (Å²) in [5.41, 5.74) is 23.6. The van der Waals surface area contributed by atoms with Gasteiger partial charge in [-0.1, -0.05) is 52.2 Å². The Morgan fingerprint density at radius 1 is 0.920 bits per heavy atom. The second-order valence-electron chi connectivity index (χ2n) is 17.4. The van der Waals surface area contributed by atoms with E-state index >= 15 is 4.79 Å². The van der Waals surface area contributed by atoms with Gasteiger partial charge in [0.2, 0.25) is 17.7 Å². The van der Waals surface area contributed by atoms with Gasteiger partial charge in [-0.3, -0.25) is 19.3 Å². The summed E-state index contributed by atoms with van der Waals surface area (Å²) >= 11 is 0. The minimum absolute atomic E-state index is 0.0382. The van der Waals surface area contributed by atoms with Crippen molar-refractivity contribution in [2.45, 2.75) is 141 Å². The van der Waals surface area contributed by atoms with Gasteiger partial charge in [-0.2, -0.15) is 0 Å². The number of likely N-dealkylation sites (tertiary alicyclic amines) is 1. The molecule has 3 amide bonds. The van der Waals surface area contributed by atoms with Gasteiger partial charge >= 0.3 is 0 Å². The van der Waals surface area contributed by atoms with E-state index in [0.717, 1.165) is 94.8 Å². The zero-order valence-corrected chi connectivity index (χ0v) is 30.8. The van der Waals surface area contributed by atoms with E-state index in [1.807, 2.05) is 12.1 Å². The fraction of sp³-hybridized carbons (Fsp3) is 0.643. The zero-order chi connectivity index (χ0) is 35.6. The van der Waals surface area contributed by atoms with Gasteiger partial charge in [-0.15, -0.1) is 0 Å². The van der Waals surface area contributed by atoms with E-state index < -0.39 is 11.5 Å². The van der Waals surface area contributed by atoms with Crippen molar-refractivity contribution in [3.05, 3.63) is 58.7 Å². The van der Waals surface area contributed by atoms with E-state index in [9.17, 15) is 9.59 Å². The second-order valence-corrected chi connectivity index (χ2v) is 17.4. The molecule has 1 heterocycles. The van der Waals surface area contributed by atoms with Crippen LogP contribution in [-0.2, 0) is 38.1 Å². The Morgan fingerprint density at radius 3 is 2.44 bits per heavy atom. The molecule has 0 radical (unpaired) electrons. The van der Waals surface area contributed by atoms with Gasteiger partial charge in [0.05, 0.1) is 11.5 Å². The zero-order valence-electron chi connectivity index (χ0n) is 30.8. The molecule has 0 aromatic heterocycles. The van der Waals surface area contributed by atoms with E-state index in [1.165, 1.54) is 22.3 Å². The fourth-order valence-corrected chi connectivity index (χ4v) is 12.2.